The van der Waals surface area contributed by atoms with Gasteiger partial charge in [0.25, 0.3) is 15.6 Å². The average Bonchev–Trinajstić information content (AvgIpc) is 2.77. The van der Waals surface area contributed by atoms with Crippen molar-refractivity contribution < 1.29 is 13.5 Å². The number of hydrogen-bond donors (Lipinski definition) is 0. The fourth-order valence-electron chi connectivity index (χ4n) is 3.55. The third kappa shape index (κ3) is 4.20. The Morgan fingerprint density at radius 2 is 1.59 bits per heavy atom. The monoisotopic (exact) mass is 456 g/mol. The summed E-state index contributed by atoms with van der Waals surface area (Å²) in [6, 6.07) is 13.4. The van der Waals surface area contributed by atoms with Crippen LogP contribution in [0.2, 0.25) is 0 Å². The topological polar surface area (TPSA) is 104 Å². The summed E-state index contributed by atoms with van der Waals surface area (Å²) in [5.74, 6) is -0.810. The minimum absolute atomic E-state index is 0.0449. The van der Waals surface area contributed by atoms with Crippen LogP contribution in [0.1, 0.15) is 30.0 Å². The summed E-state index contributed by atoms with van der Waals surface area (Å²) in [5.41, 5.74) is 0.204. The molecule has 0 amide bonds. The largest absolute Gasteiger partial charge is 0.860 e. The fourth-order valence-corrected chi connectivity index (χ4v) is 5.02. The first-order chi connectivity index (χ1) is 15.1. The Morgan fingerprint density at radius 3 is 2.22 bits per heavy atom. The van der Waals surface area contributed by atoms with Crippen molar-refractivity contribution in [1.29, 1.82) is 0 Å². The van der Waals surface area contributed by atoms with Gasteiger partial charge >= 0.3 is 5.69 Å². The van der Waals surface area contributed by atoms with E-state index in [1.165, 1.54) is 26.2 Å². The highest BCUT2D eigenvalue weighted by molar-refractivity contribution is 7.92. The van der Waals surface area contributed by atoms with E-state index in [-0.39, 0.29) is 10.5 Å². The lowest BCUT2D eigenvalue weighted by molar-refractivity contribution is -0.280. The van der Waals surface area contributed by atoms with Crippen LogP contribution in [-0.4, -0.2) is 17.6 Å². The van der Waals surface area contributed by atoms with E-state index in [0.717, 1.165) is 31.0 Å². The van der Waals surface area contributed by atoms with Gasteiger partial charge in [-0.3, -0.25) is 13.7 Å². The van der Waals surface area contributed by atoms with Crippen molar-refractivity contribution in [2.45, 2.75) is 38.1 Å². The second kappa shape index (κ2) is 9.04. The Kier molecular flexibility index (Phi) is 6.59. The number of nitrogens with zero attached hydrogens (tertiary/aromatic N) is 3. The van der Waals surface area contributed by atoms with E-state index in [9.17, 15) is 23.1 Å². The Labute approximate surface area is 187 Å². The van der Waals surface area contributed by atoms with Crippen molar-refractivity contribution in [3.8, 4) is 5.88 Å². The van der Waals surface area contributed by atoms with Crippen LogP contribution in [0.15, 0.2) is 63.0 Å². The highest BCUT2D eigenvalue weighted by Crippen LogP contribution is 2.30. The van der Waals surface area contributed by atoms with E-state index in [2.05, 4.69) is 0 Å². The Hall–Kier alpha value is -3.33. The van der Waals surface area contributed by atoms with Gasteiger partial charge in [0.2, 0.25) is 0 Å². The summed E-state index contributed by atoms with van der Waals surface area (Å²) in [5, 5.41) is 12.8. The molecule has 0 spiro atoms. The third-order valence-corrected chi connectivity index (χ3v) is 7.16. The van der Waals surface area contributed by atoms with E-state index in [1.807, 2.05) is 26.0 Å². The molecule has 0 bridgehead atoms. The van der Waals surface area contributed by atoms with E-state index in [0.29, 0.717) is 12.1 Å². The minimum Gasteiger partial charge on any atom is -0.860 e. The number of sulfonamides is 1. The molecule has 3 aromatic rings. The Morgan fingerprint density at radius 1 is 0.969 bits per heavy atom. The maximum absolute atomic E-state index is 13.7. The molecule has 1 aromatic heterocycles. The first-order valence-corrected chi connectivity index (χ1v) is 11.7. The van der Waals surface area contributed by atoms with Crippen molar-refractivity contribution in [2.75, 3.05) is 4.31 Å². The lowest BCUT2D eigenvalue weighted by Crippen LogP contribution is -2.43. The number of benzene rings is 2. The Balaban J connectivity index is 2.27. The molecule has 0 saturated carbocycles. The molecular formula is C23H26N3O5S-. The lowest BCUT2D eigenvalue weighted by atomic mass is 10.1. The van der Waals surface area contributed by atoms with Gasteiger partial charge in [-0.1, -0.05) is 49.2 Å². The molecule has 0 unspecified atom stereocenters. The van der Waals surface area contributed by atoms with Crippen LogP contribution < -0.4 is 20.7 Å². The zero-order valence-electron chi connectivity index (χ0n) is 18.5. The average molecular weight is 457 g/mol. The number of para-hydroxylation sites is 1. The molecule has 0 saturated heterocycles. The van der Waals surface area contributed by atoms with Crippen molar-refractivity contribution in [3.63, 3.8) is 0 Å². The van der Waals surface area contributed by atoms with Crippen LogP contribution in [0, 0.1) is 6.92 Å². The lowest BCUT2D eigenvalue weighted by Gasteiger charge is -2.29. The third-order valence-electron chi connectivity index (χ3n) is 5.39. The van der Waals surface area contributed by atoms with Gasteiger partial charge in [-0.2, -0.15) is 0 Å². The van der Waals surface area contributed by atoms with Crippen LogP contribution in [0.25, 0.3) is 0 Å². The summed E-state index contributed by atoms with van der Waals surface area (Å²) in [6.07, 6.45) is 1.40. The molecule has 3 rings (SSSR count). The summed E-state index contributed by atoms with van der Waals surface area (Å²) in [4.78, 5) is 24.9. The van der Waals surface area contributed by atoms with Gasteiger partial charge in [0.1, 0.15) is 0 Å². The molecule has 0 fully saturated rings. The number of rotatable bonds is 7. The van der Waals surface area contributed by atoms with Gasteiger partial charge in [-0.15, -0.1) is 0 Å². The van der Waals surface area contributed by atoms with Gasteiger partial charge in [0.05, 0.1) is 17.1 Å². The van der Waals surface area contributed by atoms with Crippen LogP contribution in [-0.2, 0) is 37.1 Å². The molecule has 0 atom stereocenters. The van der Waals surface area contributed by atoms with Crippen LogP contribution in [0.3, 0.4) is 0 Å². The molecule has 9 heteroatoms. The zero-order valence-corrected chi connectivity index (χ0v) is 19.3. The van der Waals surface area contributed by atoms with Crippen LogP contribution >= 0.6 is 0 Å². The van der Waals surface area contributed by atoms with Crippen LogP contribution in [0.5, 0.6) is 5.88 Å². The normalized spacial score (nSPS) is 11.5. The summed E-state index contributed by atoms with van der Waals surface area (Å²) in [7, 11) is -1.60. The van der Waals surface area contributed by atoms with Gasteiger partial charge in [0, 0.05) is 19.7 Å². The molecule has 0 aliphatic carbocycles. The summed E-state index contributed by atoms with van der Waals surface area (Å²) in [6.45, 7) is 3.34. The molecule has 0 aliphatic rings. The van der Waals surface area contributed by atoms with Crippen molar-refractivity contribution in [2.24, 2.45) is 14.1 Å². The number of anilines is 1. The van der Waals surface area contributed by atoms with E-state index in [4.69, 9.17) is 0 Å². The quantitative estimate of drug-likeness (QED) is 0.539. The van der Waals surface area contributed by atoms with Crippen LogP contribution in [0.4, 0.5) is 5.69 Å². The standard InChI is InChI=1S/C23H27N3O5S/c1-5-8-17-9-6-7-10-20(17)26(32(30,31)18-13-11-16(2)12-14-18)15-19-21(27)24(3)23(29)25(4)22(19)28/h6-7,9-14,27H,5,8,15H2,1-4H3/p-1. The predicted molar refractivity (Wildman–Crippen MR) is 121 cm³/mol. The maximum Gasteiger partial charge on any atom is 0.329 e. The summed E-state index contributed by atoms with van der Waals surface area (Å²) >= 11 is 0. The van der Waals surface area contributed by atoms with Gasteiger partial charge < -0.3 is 9.67 Å². The van der Waals surface area contributed by atoms with Gasteiger partial charge in [0.15, 0.2) is 0 Å². The SMILES string of the molecule is CCCc1ccccc1N(Cc1c([O-])n(C)c(=O)n(C)c1=O)S(=O)(=O)c1ccc(C)cc1. The smallest absolute Gasteiger partial charge is 0.329 e. The molecular weight excluding hydrogens is 430 g/mol. The molecule has 0 aliphatic heterocycles. The van der Waals surface area contributed by atoms with E-state index >= 15 is 0 Å². The second-order valence-corrected chi connectivity index (χ2v) is 9.56. The van der Waals surface area contributed by atoms with Crippen molar-refractivity contribution in [1.82, 2.24) is 9.13 Å². The molecule has 8 nitrogen and oxygen atoms in total. The molecule has 32 heavy (non-hydrogen) atoms. The van der Waals surface area contributed by atoms with Crippen molar-refractivity contribution >= 4 is 15.7 Å². The Bertz CT molecular complexity index is 1360. The van der Waals surface area contributed by atoms with E-state index in [1.54, 1.807) is 24.3 Å². The zero-order chi connectivity index (χ0) is 23.6. The van der Waals surface area contributed by atoms with E-state index < -0.39 is 33.7 Å². The fraction of sp³-hybridized carbons (Fsp3) is 0.304. The second-order valence-electron chi connectivity index (χ2n) is 7.69. The maximum atomic E-state index is 13.7. The first-order valence-electron chi connectivity index (χ1n) is 10.2. The predicted octanol–water partition coefficient (Wildman–Crippen LogP) is 1.81. The molecule has 170 valence electrons. The van der Waals surface area contributed by atoms with Gasteiger partial charge in [-0.05, 0) is 43.0 Å². The van der Waals surface area contributed by atoms with Crippen molar-refractivity contribution in [3.05, 3.63) is 86.1 Å². The molecule has 0 radical (unpaired) electrons. The number of aromatic nitrogens is 2. The first kappa shape index (κ1) is 23.3. The molecule has 2 aromatic carbocycles. The highest BCUT2D eigenvalue weighted by atomic mass is 32.2. The highest BCUT2D eigenvalue weighted by Gasteiger charge is 2.28. The number of hydrogen-bond acceptors (Lipinski definition) is 5. The molecule has 0 N–H and O–H groups in total. The van der Waals surface area contributed by atoms with Gasteiger partial charge in [-0.25, -0.2) is 13.2 Å². The molecule has 1 heterocycles. The minimum atomic E-state index is -4.12. The number of aryl methyl sites for hydroxylation is 2. The summed E-state index contributed by atoms with van der Waals surface area (Å²) < 4.78 is 30.1.